The number of carbonyl (C=O) groups excluding carboxylic acids is 3. The molecule has 7 heteroatoms. The van der Waals surface area contributed by atoms with Crippen LogP contribution < -0.4 is 5.32 Å². The highest BCUT2D eigenvalue weighted by molar-refractivity contribution is 6.17. The molecule has 1 saturated heterocycles. The zero-order chi connectivity index (χ0) is 17.8. The van der Waals surface area contributed by atoms with E-state index in [1.807, 2.05) is 4.90 Å². The van der Waals surface area contributed by atoms with Crippen molar-refractivity contribution < 1.29 is 19.5 Å². The maximum Gasteiger partial charge on any atom is 0.277 e. The van der Waals surface area contributed by atoms with Crippen molar-refractivity contribution in [1.82, 2.24) is 9.80 Å². The van der Waals surface area contributed by atoms with E-state index in [0.717, 1.165) is 30.8 Å². The Hall–Kier alpha value is -2.67. The largest absolute Gasteiger partial charge is 0.395 e. The van der Waals surface area contributed by atoms with Crippen LogP contribution in [0.15, 0.2) is 36.0 Å². The van der Waals surface area contributed by atoms with Gasteiger partial charge in [0.15, 0.2) is 0 Å². The van der Waals surface area contributed by atoms with Crippen LogP contribution in [0.25, 0.3) is 0 Å². The van der Waals surface area contributed by atoms with Gasteiger partial charge in [-0.15, -0.1) is 0 Å². The molecule has 0 saturated carbocycles. The van der Waals surface area contributed by atoms with Gasteiger partial charge in [0, 0.05) is 30.4 Å². The molecule has 7 nitrogen and oxygen atoms in total. The zero-order valence-corrected chi connectivity index (χ0v) is 13.9. The molecule has 0 radical (unpaired) electrons. The SMILES string of the molecule is O=C(c1ccc(NC2=CC(=O)N(CCO)C2=O)cc1)N1CCCCC1. The summed E-state index contributed by atoms with van der Waals surface area (Å²) in [5.74, 6) is -0.891. The second-order valence-electron chi connectivity index (χ2n) is 6.13. The molecule has 3 rings (SSSR count). The van der Waals surface area contributed by atoms with E-state index >= 15 is 0 Å². The van der Waals surface area contributed by atoms with Crippen LogP contribution in [0.2, 0.25) is 0 Å². The fourth-order valence-electron chi connectivity index (χ4n) is 3.04. The van der Waals surface area contributed by atoms with Crippen LogP contribution in [-0.4, -0.2) is 58.9 Å². The molecule has 0 atom stereocenters. The summed E-state index contributed by atoms with van der Waals surface area (Å²) < 4.78 is 0. The molecule has 1 aromatic rings. The standard InChI is InChI=1S/C18H21N3O4/c22-11-10-21-16(23)12-15(18(21)25)19-14-6-4-13(5-7-14)17(24)20-8-2-1-3-9-20/h4-7,12,19,22H,1-3,8-11H2. The molecule has 0 unspecified atom stereocenters. The van der Waals surface area contributed by atoms with Gasteiger partial charge in [0.1, 0.15) is 5.70 Å². The van der Waals surface area contributed by atoms with Crippen molar-refractivity contribution in [2.75, 3.05) is 31.6 Å². The van der Waals surface area contributed by atoms with E-state index in [-0.39, 0.29) is 24.8 Å². The molecule has 2 aliphatic heterocycles. The maximum absolute atomic E-state index is 12.4. The molecular weight excluding hydrogens is 322 g/mol. The third kappa shape index (κ3) is 3.71. The average molecular weight is 343 g/mol. The van der Waals surface area contributed by atoms with Gasteiger partial charge in [-0.25, -0.2) is 0 Å². The topological polar surface area (TPSA) is 90.0 Å². The van der Waals surface area contributed by atoms with E-state index in [1.54, 1.807) is 24.3 Å². The van der Waals surface area contributed by atoms with Gasteiger partial charge in [0.25, 0.3) is 17.7 Å². The molecule has 0 aliphatic carbocycles. The van der Waals surface area contributed by atoms with E-state index in [9.17, 15) is 14.4 Å². The first-order chi connectivity index (χ1) is 12.1. The Labute approximate surface area is 145 Å². The number of β-amino-alcohol motifs (C(OH)–C–C–N with tert-alkyl or cyclic N) is 1. The lowest BCUT2D eigenvalue weighted by molar-refractivity contribution is -0.137. The Morgan fingerprint density at radius 1 is 1.08 bits per heavy atom. The number of hydrogen-bond acceptors (Lipinski definition) is 5. The number of rotatable bonds is 5. The van der Waals surface area contributed by atoms with Gasteiger partial charge < -0.3 is 15.3 Å². The van der Waals surface area contributed by atoms with Crippen molar-refractivity contribution in [3.05, 3.63) is 41.6 Å². The van der Waals surface area contributed by atoms with Gasteiger partial charge in [-0.3, -0.25) is 19.3 Å². The second kappa shape index (κ2) is 7.48. The van der Waals surface area contributed by atoms with Gasteiger partial charge in [0.05, 0.1) is 13.2 Å². The minimum atomic E-state index is -0.465. The molecule has 1 aromatic carbocycles. The summed E-state index contributed by atoms with van der Waals surface area (Å²) in [5.41, 5.74) is 1.39. The number of aliphatic hydroxyl groups excluding tert-OH is 1. The smallest absolute Gasteiger partial charge is 0.277 e. The van der Waals surface area contributed by atoms with Crippen LogP contribution in [0.1, 0.15) is 29.6 Å². The molecule has 2 N–H and O–H groups in total. The molecule has 25 heavy (non-hydrogen) atoms. The molecule has 132 valence electrons. The van der Waals surface area contributed by atoms with Crippen LogP contribution in [0, 0.1) is 0 Å². The van der Waals surface area contributed by atoms with E-state index in [1.165, 1.54) is 12.5 Å². The normalized spacial score (nSPS) is 17.7. The Balaban J connectivity index is 1.65. The van der Waals surface area contributed by atoms with Crippen molar-refractivity contribution in [3.63, 3.8) is 0 Å². The number of imide groups is 1. The van der Waals surface area contributed by atoms with Crippen molar-refractivity contribution in [3.8, 4) is 0 Å². The molecular formula is C18H21N3O4. The van der Waals surface area contributed by atoms with E-state index in [0.29, 0.717) is 11.3 Å². The molecule has 1 fully saturated rings. The molecule has 2 heterocycles. The van der Waals surface area contributed by atoms with Gasteiger partial charge in [-0.1, -0.05) is 0 Å². The van der Waals surface area contributed by atoms with Crippen LogP contribution in [0.3, 0.4) is 0 Å². The quantitative estimate of drug-likeness (QED) is 0.778. The van der Waals surface area contributed by atoms with E-state index < -0.39 is 11.8 Å². The third-order valence-electron chi connectivity index (χ3n) is 4.39. The summed E-state index contributed by atoms with van der Waals surface area (Å²) in [6.45, 7) is 1.29. The minimum Gasteiger partial charge on any atom is -0.395 e. The first-order valence-electron chi connectivity index (χ1n) is 8.45. The Morgan fingerprint density at radius 3 is 2.40 bits per heavy atom. The molecule has 0 bridgehead atoms. The number of amides is 3. The van der Waals surface area contributed by atoms with Crippen LogP contribution >= 0.6 is 0 Å². The summed E-state index contributed by atoms with van der Waals surface area (Å²) in [6.07, 6.45) is 4.46. The maximum atomic E-state index is 12.4. The third-order valence-corrected chi connectivity index (χ3v) is 4.39. The van der Waals surface area contributed by atoms with E-state index in [2.05, 4.69) is 5.32 Å². The zero-order valence-electron chi connectivity index (χ0n) is 13.9. The number of aliphatic hydroxyl groups is 1. The number of piperidine rings is 1. The van der Waals surface area contributed by atoms with Crippen LogP contribution in [0.4, 0.5) is 5.69 Å². The first-order valence-corrected chi connectivity index (χ1v) is 8.45. The summed E-state index contributed by atoms with van der Waals surface area (Å²) in [7, 11) is 0. The first kappa shape index (κ1) is 17.2. The number of hydrogen-bond donors (Lipinski definition) is 2. The molecule has 2 aliphatic rings. The Morgan fingerprint density at radius 2 is 1.76 bits per heavy atom. The van der Waals surface area contributed by atoms with Crippen LogP contribution in [0.5, 0.6) is 0 Å². The molecule has 0 aromatic heterocycles. The number of nitrogens with one attached hydrogen (secondary N) is 1. The number of benzene rings is 1. The lowest BCUT2D eigenvalue weighted by Crippen LogP contribution is -2.35. The van der Waals surface area contributed by atoms with Gasteiger partial charge in [0.2, 0.25) is 0 Å². The molecule has 3 amide bonds. The molecule has 0 spiro atoms. The Bertz CT molecular complexity index is 706. The van der Waals surface area contributed by atoms with Gasteiger partial charge >= 0.3 is 0 Å². The van der Waals surface area contributed by atoms with E-state index in [4.69, 9.17) is 5.11 Å². The highest BCUT2D eigenvalue weighted by Gasteiger charge is 2.30. The summed E-state index contributed by atoms with van der Waals surface area (Å²) >= 11 is 0. The predicted octanol–water partition coefficient (Wildman–Crippen LogP) is 0.970. The van der Waals surface area contributed by atoms with Crippen molar-refractivity contribution in [2.24, 2.45) is 0 Å². The van der Waals surface area contributed by atoms with Crippen molar-refractivity contribution >= 4 is 23.4 Å². The fourth-order valence-corrected chi connectivity index (χ4v) is 3.04. The minimum absolute atomic E-state index is 0.0201. The highest BCUT2D eigenvalue weighted by Crippen LogP contribution is 2.19. The lowest BCUT2D eigenvalue weighted by atomic mass is 10.1. The fraction of sp³-hybridized carbons (Fsp3) is 0.389. The Kier molecular flexibility index (Phi) is 5.14. The lowest BCUT2D eigenvalue weighted by Gasteiger charge is -2.26. The van der Waals surface area contributed by atoms with Gasteiger partial charge in [-0.05, 0) is 43.5 Å². The number of anilines is 1. The average Bonchev–Trinajstić information content (AvgIpc) is 2.90. The number of likely N-dealkylation sites (tertiary alicyclic amines) is 1. The van der Waals surface area contributed by atoms with Crippen LogP contribution in [-0.2, 0) is 9.59 Å². The predicted molar refractivity (Wildman–Crippen MR) is 91.7 cm³/mol. The van der Waals surface area contributed by atoms with Crippen molar-refractivity contribution in [2.45, 2.75) is 19.3 Å². The monoisotopic (exact) mass is 343 g/mol. The second-order valence-corrected chi connectivity index (χ2v) is 6.13. The summed E-state index contributed by atoms with van der Waals surface area (Å²) in [5, 5.41) is 11.8. The summed E-state index contributed by atoms with van der Waals surface area (Å²) in [6, 6.07) is 6.86. The highest BCUT2D eigenvalue weighted by atomic mass is 16.3. The summed E-state index contributed by atoms with van der Waals surface area (Å²) in [4.78, 5) is 39.1. The van der Waals surface area contributed by atoms with Crippen molar-refractivity contribution in [1.29, 1.82) is 0 Å². The number of nitrogens with zero attached hydrogens (tertiary/aromatic N) is 2. The number of carbonyl (C=O) groups is 3. The van der Waals surface area contributed by atoms with Gasteiger partial charge in [-0.2, -0.15) is 0 Å².